The number of methoxy groups -OCH3 is 1. The second-order valence-electron chi connectivity index (χ2n) is 10.0. The van der Waals surface area contributed by atoms with Crippen LogP contribution in [0.1, 0.15) is 35.3 Å². The second-order valence-corrected chi connectivity index (χ2v) is 10.0. The van der Waals surface area contributed by atoms with Crippen molar-refractivity contribution in [2.24, 2.45) is 5.92 Å². The number of hydrogen-bond donors (Lipinski definition) is 2. The van der Waals surface area contributed by atoms with Crippen LogP contribution in [0.25, 0.3) is 12.2 Å². The van der Waals surface area contributed by atoms with E-state index >= 15 is 0 Å². The van der Waals surface area contributed by atoms with Crippen LogP contribution in [0, 0.1) is 5.92 Å². The first-order chi connectivity index (χ1) is 19.3. The summed E-state index contributed by atoms with van der Waals surface area (Å²) in [6.07, 6.45) is 5.05. The van der Waals surface area contributed by atoms with Gasteiger partial charge >= 0.3 is 6.03 Å². The zero-order chi connectivity index (χ0) is 28.6. The van der Waals surface area contributed by atoms with Gasteiger partial charge in [-0.2, -0.15) is 0 Å². The summed E-state index contributed by atoms with van der Waals surface area (Å²) in [6.45, 7) is 4.19. The molecule has 3 atom stereocenters. The number of rotatable bonds is 8. The molecule has 0 fully saturated rings. The third-order valence-corrected chi connectivity index (χ3v) is 6.93. The third kappa shape index (κ3) is 6.98. The van der Waals surface area contributed by atoms with E-state index in [0.717, 1.165) is 11.1 Å². The van der Waals surface area contributed by atoms with Crippen LogP contribution < -0.4 is 14.8 Å². The Morgan fingerprint density at radius 1 is 1.20 bits per heavy atom. The van der Waals surface area contributed by atoms with Crippen molar-refractivity contribution in [3.05, 3.63) is 83.6 Å². The van der Waals surface area contributed by atoms with Crippen LogP contribution >= 0.6 is 0 Å². The number of aliphatic hydroxyl groups excluding tert-OH is 1. The van der Waals surface area contributed by atoms with E-state index in [1.165, 1.54) is 0 Å². The van der Waals surface area contributed by atoms with Crippen molar-refractivity contribution < 1.29 is 24.2 Å². The van der Waals surface area contributed by atoms with Gasteiger partial charge in [0.15, 0.2) is 0 Å². The lowest BCUT2D eigenvalue weighted by molar-refractivity contribution is 0.0356. The molecule has 9 nitrogen and oxygen atoms in total. The summed E-state index contributed by atoms with van der Waals surface area (Å²) in [5.41, 5.74) is 2.70. The molecule has 0 spiro atoms. The van der Waals surface area contributed by atoms with Crippen molar-refractivity contribution in [1.82, 2.24) is 14.8 Å². The monoisotopic (exact) mass is 544 g/mol. The van der Waals surface area contributed by atoms with Gasteiger partial charge in [0.1, 0.15) is 17.4 Å². The highest BCUT2D eigenvalue weighted by molar-refractivity contribution is 5.97. The van der Waals surface area contributed by atoms with Crippen LogP contribution in [0.2, 0.25) is 0 Å². The fourth-order valence-electron chi connectivity index (χ4n) is 4.46. The van der Waals surface area contributed by atoms with E-state index in [1.54, 1.807) is 60.5 Å². The molecule has 0 bridgehead atoms. The lowest BCUT2D eigenvalue weighted by atomic mass is 10.00. The number of anilines is 1. The largest absolute Gasteiger partial charge is 0.497 e. The first-order valence-corrected chi connectivity index (χ1v) is 13.3. The normalized spacial score (nSPS) is 17.8. The summed E-state index contributed by atoms with van der Waals surface area (Å²) >= 11 is 0. The van der Waals surface area contributed by atoms with Crippen LogP contribution in [-0.2, 0) is 0 Å². The van der Waals surface area contributed by atoms with E-state index in [4.69, 9.17) is 9.47 Å². The maximum absolute atomic E-state index is 13.6. The van der Waals surface area contributed by atoms with Crippen molar-refractivity contribution >= 4 is 29.8 Å². The van der Waals surface area contributed by atoms with E-state index in [1.807, 2.05) is 56.3 Å². The number of nitrogens with zero attached hydrogens (tertiary/aromatic N) is 3. The summed E-state index contributed by atoms with van der Waals surface area (Å²) in [6, 6.07) is 18.0. The molecule has 1 aliphatic rings. The molecule has 2 N–H and O–H groups in total. The van der Waals surface area contributed by atoms with E-state index in [0.29, 0.717) is 23.5 Å². The highest BCUT2D eigenvalue weighted by atomic mass is 16.5. The molecule has 4 rings (SSSR count). The van der Waals surface area contributed by atoms with Gasteiger partial charge in [-0.05, 0) is 36.2 Å². The number of amides is 3. The molecule has 3 aromatic rings. The SMILES string of the molecule is COc1cccc(NC(=O)N(C)C[C@H]2Oc3ncc(/C=C/c4ccccc4)cc3C(=O)N([C@H](C)CO)C[C@H]2C)c1. The minimum atomic E-state index is -0.459. The van der Waals surface area contributed by atoms with Gasteiger partial charge in [0, 0.05) is 37.5 Å². The fourth-order valence-corrected chi connectivity index (χ4v) is 4.46. The van der Waals surface area contributed by atoms with Gasteiger partial charge in [-0.25, -0.2) is 9.78 Å². The van der Waals surface area contributed by atoms with Gasteiger partial charge in [0.2, 0.25) is 5.88 Å². The van der Waals surface area contributed by atoms with Gasteiger partial charge in [-0.1, -0.05) is 55.5 Å². The number of pyridine rings is 1. The molecule has 0 saturated heterocycles. The molecule has 0 aliphatic carbocycles. The number of ether oxygens (including phenoxy) is 2. The zero-order valence-corrected chi connectivity index (χ0v) is 23.3. The Bertz CT molecular complexity index is 1350. The molecule has 1 aromatic heterocycles. The summed E-state index contributed by atoms with van der Waals surface area (Å²) in [5.74, 6) is 0.432. The van der Waals surface area contributed by atoms with E-state index in [9.17, 15) is 14.7 Å². The number of carbonyl (C=O) groups is 2. The van der Waals surface area contributed by atoms with Gasteiger partial charge in [0.25, 0.3) is 5.91 Å². The Kier molecular flexibility index (Phi) is 9.39. The molecule has 40 heavy (non-hydrogen) atoms. The summed E-state index contributed by atoms with van der Waals surface area (Å²) < 4.78 is 11.6. The van der Waals surface area contributed by atoms with E-state index in [-0.39, 0.29) is 36.9 Å². The van der Waals surface area contributed by atoms with Crippen LogP contribution in [0.15, 0.2) is 66.9 Å². The Hall–Kier alpha value is -4.37. The highest BCUT2D eigenvalue weighted by Crippen LogP contribution is 2.28. The first kappa shape index (κ1) is 28.6. The van der Waals surface area contributed by atoms with Crippen molar-refractivity contribution in [3.63, 3.8) is 0 Å². The number of aromatic nitrogens is 1. The number of nitrogens with one attached hydrogen (secondary N) is 1. The average molecular weight is 545 g/mol. The minimum Gasteiger partial charge on any atom is -0.497 e. The van der Waals surface area contributed by atoms with E-state index < -0.39 is 12.1 Å². The second kappa shape index (κ2) is 13.1. The minimum absolute atomic E-state index is 0.155. The molecule has 2 aromatic carbocycles. The number of urea groups is 1. The Labute approximate surface area is 235 Å². The number of hydrogen-bond acceptors (Lipinski definition) is 6. The van der Waals surface area contributed by atoms with Gasteiger partial charge in [-0.15, -0.1) is 0 Å². The molecule has 1 aliphatic heterocycles. The molecule has 2 heterocycles. The Morgan fingerprint density at radius 3 is 2.67 bits per heavy atom. The smallest absolute Gasteiger partial charge is 0.321 e. The molecule has 0 unspecified atom stereocenters. The number of likely N-dealkylation sites (N-methyl/N-ethyl adjacent to an activating group) is 1. The third-order valence-electron chi connectivity index (χ3n) is 6.93. The molecule has 210 valence electrons. The van der Waals surface area contributed by atoms with Gasteiger partial charge in [0.05, 0.1) is 26.3 Å². The standard InChI is InChI=1S/C31H36N4O5/c1-21-18-35(22(2)20-36)30(37)27-15-24(14-13-23-9-6-5-7-10-23)17-32-29(27)40-28(21)19-34(3)31(38)33-25-11-8-12-26(16-25)39-4/h5-17,21-22,28,36H,18-20H2,1-4H3,(H,33,38)/b14-13+/t21-,22-,28-/m1/s1. The zero-order valence-electron chi connectivity index (χ0n) is 23.3. The fraction of sp³-hybridized carbons (Fsp3) is 0.323. The first-order valence-electron chi connectivity index (χ1n) is 13.3. The lowest BCUT2D eigenvalue weighted by Crippen LogP contribution is -2.50. The quantitative estimate of drug-likeness (QED) is 0.428. The van der Waals surface area contributed by atoms with Crippen molar-refractivity contribution in [3.8, 4) is 11.6 Å². The Morgan fingerprint density at radius 2 is 1.95 bits per heavy atom. The molecule has 3 amide bonds. The van der Waals surface area contributed by atoms with E-state index in [2.05, 4.69) is 10.3 Å². The summed E-state index contributed by atoms with van der Waals surface area (Å²) in [7, 11) is 3.26. The number of benzene rings is 2. The molecule has 0 saturated carbocycles. The van der Waals surface area contributed by atoms with Crippen LogP contribution in [-0.4, -0.2) is 77.8 Å². The van der Waals surface area contributed by atoms with Crippen LogP contribution in [0.3, 0.4) is 0 Å². The molecule has 9 heteroatoms. The van der Waals surface area contributed by atoms with Gasteiger partial charge < -0.3 is 29.7 Å². The van der Waals surface area contributed by atoms with Crippen LogP contribution in [0.5, 0.6) is 11.6 Å². The summed E-state index contributed by atoms with van der Waals surface area (Å²) in [5, 5.41) is 12.8. The number of fused-ring (bicyclic) bond motifs is 1. The maximum atomic E-state index is 13.6. The molecular formula is C31H36N4O5. The summed E-state index contributed by atoms with van der Waals surface area (Å²) in [4.78, 5) is 34.3. The lowest BCUT2D eigenvalue weighted by Gasteiger charge is -2.37. The predicted molar refractivity (Wildman–Crippen MR) is 155 cm³/mol. The van der Waals surface area contributed by atoms with Crippen LogP contribution in [0.4, 0.5) is 10.5 Å². The predicted octanol–water partition coefficient (Wildman–Crippen LogP) is 4.64. The van der Waals surface area contributed by atoms with Crippen molar-refractivity contribution in [1.29, 1.82) is 0 Å². The van der Waals surface area contributed by atoms with Crippen molar-refractivity contribution in [2.45, 2.75) is 26.0 Å². The topological polar surface area (TPSA) is 104 Å². The maximum Gasteiger partial charge on any atom is 0.321 e. The molecule has 0 radical (unpaired) electrons. The number of aliphatic hydroxyl groups is 1. The number of carbonyl (C=O) groups excluding carboxylic acids is 2. The molecular weight excluding hydrogens is 508 g/mol. The highest BCUT2D eigenvalue weighted by Gasteiger charge is 2.34. The average Bonchev–Trinajstić information content (AvgIpc) is 2.98. The Balaban J connectivity index is 1.58. The van der Waals surface area contributed by atoms with Gasteiger partial charge in [-0.3, -0.25) is 4.79 Å². The van der Waals surface area contributed by atoms with Crippen molar-refractivity contribution in [2.75, 3.05) is 39.2 Å².